The molecule has 144 valence electrons. The van der Waals surface area contributed by atoms with E-state index in [1.807, 2.05) is 18.2 Å². The van der Waals surface area contributed by atoms with Crippen molar-refractivity contribution in [3.05, 3.63) is 82.1 Å². The molecule has 28 heavy (non-hydrogen) atoms. The van der Waals surface area contributed by atoms with Crippen LogP contribution in [0.1, 0.15) is 15.9 Å². The zero-order chi connectivity index (χ0) is 19.8. The van der Waals surface area contributed by atoms with Crippen LogP contribution < -0.4 is 10.9 Å². The summed E-state index contributed by atoms with van der Waals surface area (Å²) in [5.41, 5.74) is 1.52. The molecule has 0 bridgehead atoms. The van der Waals surface area contributed by atoms with Crippen LogP contribution >= 0.6 is 11.8 Å². The lowest BCUT2D eigenvalue weighted by molar-refractivity contribution is -0.124. The van der Waals surface area contributed by atoms with Crippen LogP contribution in [-0.2, 0) is 15.3 Å². The van der Waals surface area contributed by atoms with Gasteiger partial charge in [-0.1, -0.05) is 48.5 Å². The summed E-state index contributed by atoms with van der Waals surface area (Å²) in [6.07, 6.45) is 0. The highest BCUT2D eigenvalue weighted by molar-refractivity contribution is 7.98. The first-order valence-electron chi connectivity index (χ1n) is 8.81. The number of para-hydroxylation sites is 1. The van der Waals surface area contributed by atoms with Crippen molar-refractivity contribution in [1.29, 1.82) is 0 Å². The van der Waals surface area contributed by atoms with Gasteiger partial charge in [-0.2, -0.15) is 11.8 Å². The van der Waals surface area contributed by atoms with E-state index in [0.717, 1.165) is 11.5 Å². The molecular formula is C21H20N2O4S. The second kappa shape index (κ2) is 9.75. The van der Waals surface area contributed by atoms with Crippen LogP contribution in [0, 0.1) is 0 Å². The van der Waals surface area contributed by atoms with Gasteiger partial charge >= 0.3 is 5.97 Å². The second-order valence-electron chi connectivity index (χ2n) is 6.06. The Bertz CT molecular complexity index is 1020. The van der Waals surface area contributed by atoms with Gasteiger partial charge in [-0.15, -0.1) is 0 Å². The van der Waals surface area contributed by atoms with E-state index in [1.165, 1.54) is 11.6 Å². The standard InChI is InChI=1S/C21H20N2O4S/c24-19-12-17(16-8-4-5-9-18(16)23-19)21(26)27-13-20(25)22-10-11-28-14-15-6-2-1-3-7-15/h1-9,12H,10-11,13-14H2,(H,22,25)(H,23,24). The van der Waals surface area contributed by atoms with E-state index >= 15 is 0 Å². The molecule has 3 aromatic rings. The van der Waals surface area contributed by atoms with E-state index in [9.17, 15) is 14.4 Å². The zero-order valence-electron chi connectivity index (χ0n) is 15.1. The normalized spacial score (nSPS) is 10.6. The molecule has 0 aliphatic rings. The number of ether oxygens (including phenoxy) is 1. The van der Waals surface area contributed by atoms with Crippen LogP contribution in [0.25, 0.3) is 10.9 Å². The van der Waals surface area contributed by atoms with Crippen molar-refractivity contribution < 1.29 is 14.3 Å². The number of H-pyrrole nitrogens is 1. The number of nitrogens with one attached hydrogen (secondary N) is 2. The molecule has 0 radical (unpaired) electrons. The van der Waals surface area contributed by atoms with Crippen molar-refractivity contribution in [1.82, 2.24) is 10.3 Å². The van der Waals surface area contributed by atoms with Crippen LogP contribution in [0.15, 0.2) is 65.5 Å². The number of amides is 1. The number of pyridine rings is 1. The Balaban J connectivity index is 1.43. The fourth-order valence-corrected chi connectivity index (χ4v) is 3.48. The molecule has 1 aromatic heterocycles. The maximum absolute atomic E-state index is 12.3. The first-order chi connectivity index (χ1) is 13.6. The maximum Gasteiger partial charge on any atom is 0.339 e. The molecule has 2 N–H and O–H groups in total. The lowest BCUT2D eigenvalue weighted by atomic mass is 10.1. The van der Waals surface area contributed by atoms with E-state index in [4.69, 9.17) is 4.74 Å². The Kier molecular flexibility index (Phi) is 6.86. The van der Waals surface area contributed by atoms with Crippen molar-refractivity contribution >= 4 is 34.5 Å². The third-order valence-corrected chi connectivity index (χ3v) is 5.02. The lowest BCUT2D eigenvalue weighted by Gasteiger charge is -2.08. The van der Waals surface area contributed by atoms with Gasteiger partial charge in [0.15, 0.2) is 6.61 Å². The summed E-state index contributed by atoms with van der Waals surface area (Å²) < 4.78 is 5.07. The molecule has 0 aliphatic heterocycles. The molecular weight excluding hydrogens is 376 g/mol. The van der Waals surface area contributed by atoms with E-state index in [0.29, 0.717) is 17.4 Å². The molecule has 2 aromatic carbocycles. The number of esters is 1. The molecule has 1 heterocycles. The number of aromatic nitrogens is 1. The first-order valence-corrected chi connectivity index (χ1v) is 9.96. The maximum atomic E-state index is 12.3. The van der Waals surface area contributed by atoms with Crippen molar-refractivity contribution in [2.75, 3.05) is 18.9 Å². The average Bonchev–Trinajstić information content (AvgIpc) is 2.72. The summed E-state index contributed by atoms with van der Waals surface area (Å²) in [7, 11) is 0. The monoisotopic (exact) mass is 396 g/mol. The van der Waals surface area contributed by atoms with E-state index in [-0.39, 0.29) is 18.1 Å². The number of rotatable bonds is 8. The van der Waals surface area contributed by atoms with Gasteiger partial charge in [-0.25, -0.2) is 4.79 Å². The van der Waals surface area contributed by atoms with Crippen LogP contribution in [0.5, 0.6) is 0 Å². The zero-order valence-corrected chi connectivity index (χ0v) is 16.0. The van der Waals surface area contributed by atoms with Gasteiger partial charge in [0.05, 0.1) is 5.56 Å². The molecule has 0 spiro atoms. The average molecular weight is 396 g/mol. The Hall–Kier alpha value is -3.06. The molecule has 6 nitrogen and oxygen atoms in total. The largest absolute Gasteiger partial charge is 0.452 e. The summed E-state index contributed by atoms with van der Waals surface area (Å²) in [6, 6.07) is 18.2. The quantitative estimate of drug-likeness (QED) is 0.452. The van der Waals surface area contributed by atoms with Gasteiger partial charge in [0.2, 0.25) is 5.56 Å². The van der Waals surface area contributed by atoms with Crippen LogP contribution in [0.2, 0.25) is 0 Å². The molecule has 0 fully saturated rings. The Morgan fingerprint density at radius 3 is 2.61 bits per heavy atom. The highest BCUT2D eigenvalue weighted by atomic mass is 32.2. The summed E-state index contributed by atoms with van der Waals surface area (Å²) >= 11 is 1.71. The number of hydrogen-bond acceptors (Lipinski definition) is 5. The molecule has 0 aliphatic carbocycles. The van der Waals surface area contributed by atoms with Crippen LogP contribution in [-0.4, -0.2) is 35.8 Å². The fraction of sp³-hybridized carbons (Fsp3) is 0.190. The predicted molar refractivity (Wildman–Crippen MR) is 110 cm³/mol. The fourth-order valence-electron chi connectivity index (χ4n) is 2.66. The van der Waals surface area contributed by atoms with Crippen molar-refractivity contribution in [3.63, 3.8) is 0 Å². The number of carbonyl (C=O) groups is 2. The number of benzene rings is 2. The Morgan fingerprint density at radius 2 is 1.79 bits per heavy atom. The molecule has 0 unspecified atom stereocenters. The van der Waals surface area contributed by atoms with E-state index in [1.54, 1.807) is 36.0 Å². The SMILES string of the molecule is O=C(COC(=O)c1cc(=O)[nH]c2ccccc12)NCCSCc1ccccc1. The topological polar surface area (TPSA) is 88.3 Å². The predicted octanol–water partition coefficient (Wildman–Crippen LogP) is 2.73. The van der Waals surface area contributed by atoms with Gasteiger partial charge in [-0.05, 0) is 11.6 Å². The highest BCUT2D eigenvalue weighted by Gasteiger charge is 2.14. The van der Waals surface area contributed by atoms with Crippen LogP contribution in [0.4, 0.5) is 0 Å². The van der Waals surface area contributed by atoms with E-state index in [2.05, 4.69) is 22.4 Å². The van der Waals surface area contributed by atoms with Crippen molar-refractivity contribution in [3.8, 4) is 0 Å². The molecule has 1 amide bonds. The van der Waals surface area contributed by atoms with Gasteiger partial charge in [0, 0.05) is 35.0 Å². The number of fused-ring (bicyclic) bond motifs is 1. The smallest absolute Gasteiger partial charge is 0.339 e. The summed E-state index contributed by atoms with van der Waals surface area (Å²) in [5, 5.41) is 3.29. The number of carbonyl (C=O) groups excluding carboxylic acids is 2. The minimum absolute atomic E-state index is 0.144. The third-order valence-electron chi connectivity index (χ3n) is 3.98. The van der Waals surface area contributed by atoms with Crippen molar-refractivity contribution in [2.24, 2.45) is 0 Å². The van der Waals surface area contributed by atoms with E-state index < -0.39 is 11.5 Å². The lowest BCUT2D eigenvalue weighted by Crippen LogP contribution is -2.30. The molecule has 3 rings (SSSR count). The number of aromatic amines is 1. The highest BCUT2D eigenvalue weighted by Crippen LogP contribution is 2.15. The summed E-state index contributed by atoms with van der Waals surface area (Å²) in [5.74, 6) is 0.563. The third kappa shape index (κ3) is 5.47. The molecule has 0 saturated carbocycles. The minimum atomic E-state index is -0.698. The molecule has 0 saturated heterocycles. The van der Waals surface area contributed by atoms with Gasteiger partial charge in [0.1, 0.15) is 0 Å². The summed E-state index contributed by atoms with van der Waals surface area (Å²) in [4.78, 5) is 38.5. The van der Waals surface area contributed by atoms with Crippen molar-refractivity contribution in [2.45, 2.75) is 5.75 Å². The summed E-state index contributed by atoms with van der Waals surface area (Å²) in [6.45, 7) is 0.102. The Labute approximate surface area is 166 Å². The minimum Gasteiger partial charge on any atom is -0.452 e. The number of thioether (sulfide) groups is 1. The second-order valence-corrected chi connectivity index (χ2v) is 7.16. The molecule has 0 atom stereocenters. The first kappa shape index (κ1) is 19.7. The molecule has 7 heteroatoms. The number of hydrogen-bond donors (Lipinski definition) is 2. The van der Waals surface area contributed by atoms with Gasteiger partial charge in [-0.3, -0.25) is 9.59 Å². The Morgan fingerprint density at radius 1 is 1.04 bits per heavy atom. The van der Waals surface area contributed by atoms with Gasteiger partial charge in [0.25, 0.3) is 5.91 Å². The van der Waals surface area contributed by atoms with Crippen LogP contribution in [0.3, 0.4) is 0 Å². The van der Waals surface area contributed by atoms with Gasteiger partial charge < -0.3 is 15.0 Å².